The molecule has 0 saturated carbocycles. The number of hydrogen-bond acceptors (Lipinski definition) is 4. The Labute approximate surface area is 81.7 Å². The number of phenolic OH excluding ortho intramolecular Hbond substituents is 1. The molecule has 0 bridgehead atoms. The maximum atomic E-state index is 9.46. The number of aryl methyl sites for hydroxylation is 1. The maximum Gasteiger partial charge on any atom is 0.170 e. The van der Waals surface area contributed by atoms with Crippen molar-refractivity contribution in [3.05, 3.63) is 29.3 Å². The van der Waals surface area contributed by atoms with Crippen LogP contribution < -0.4 is 0 Å². The van der Waals surface area contributed by atoms with E-state index in [1.807, 2.05) is 0 Å². The minimum atomic E-state index is -1.53. The van der Waals surface area contributed by atoms with Crippen LogP contribution in [-0.4, -0.2) is 21.4 Å². The lowest BCUT2D eigenvalue weighted by atomic mass is 10.0. The molecule has 0 aliphatic carbocycles. The molecule has 0 aliphatic rings. The number of hydrogen-bond donors (Lipinski definition) is 3. The number of aliphatic hydroxyl groups is 2. The van der Waals surface area contributed by atoms with Gasteiger partial charge in [-0.25, -0.2) is 0 Å². The van der Waals surface area contributed by atoms with Crippen LogP contribution in [-0.2, 0) is 0 Å². The summed E-state index contributed by atoms with van der Waals surface area (Å²) in [6.07, 6.45) is -2.90. The Hall–Kier alpha value is -1.57. The fraction of sp³-hybridized carbons (Fsp3) is 0.300. The standard InChI is InChI=1S/C10H11NO3/c1-6-2-3-8(12)7(4-6)10(14)9(13)5-11/h2-4,9-10,12-14H,1H3. The summed E-state index contributed by atoms with van der Waals surface area (Å²) in [5, 5.41) is 36.3. The summed E-state index contributed by atoms with van der Waals surface area (Å²) in [7, 11) is 0. The molecule has 0 heterocycles. The Kier molecular flexibility index (Phi) is 3.07. The minimum Gasteiger partial charge on any atom is -0.508 e. The first-order valence-corrected chi connectivity index (χ1v) is 4.11. The van der Waals surface area contributed by atoms with Crippen molar-refractivity contribution in [2.75, 3.05) is 0 Å². The Balaban J connectivity index is 3.07. The van der Waals surface area contributed by atoms with Gasteiger partial charge in [-0.05, 0) is 19.1 Å². The first-order valence-electron chi connectivity index (χ1n) is 4.11. The second-order valence-corrected chi connectivity index (χ2v) is 3.08. The van der Waals surface area contributed by atoms with E-state index >= 15 is 0 Å². The van der Waals surface area contributed by atoms with Crippen molar-refractivity contribution in [3.63, 3.8) is 0 Å². The predicted octanol–water partition coefficient (Wildman–Crippen LogP) is 0.618. The van der Waals surface area contributed by atoms with Crippen LogP contribution >= 0.6 is 0 Å². The highest BCUT2D eigenvalue weighted by molar-refractivity contribution is 5.38. The van der Waals surface area contributed by atoms with Crippen LogP contribution in [0.5, 0.6) is 5.75 Å². The van der Waals surface area contributed by atoms with Crippen molar-refractivity contribution < 1.29 is 15.3 Å². The van der Waals surface area contributed by atoms with E-state index in [1.54, 1.807) is 13.0 Å². The molecule has 1 aromatic carbocycles. The molecule has 74 valence electrons. The monoisotopic (exact) mass is 193 g/mol. The average molecular weight is 193 g/mol. The fourth-order valence-corrected chi connectivity index (χ4v) is 1.15. The molecule has 0 amide bonds. The summed E-state index contributed by atoms with van der Waals surface area (Å²) in [6, 6.07) is 6.12. The molecule has 1 aromatic rings. The zero-order valence-electron chi connectivity index (χ0n) is 7.68. The molecule has 4 heteroatoms. The highest BCUT2D eigenvalue weighted by Gasteiger charge is 2.20. The SMILES string of the molecule is Cc1ccc(O)c(C(O)C(O)C#N)c1. The third-order valence-corrected chi connectivity index (χ3v) is 1.93. The molecule has 3 N–H and O–H groups in total. The average Bonchev–Trinajstić information content (AvgIpc) is 2.19. The van der Waals surface area contributed by atoms with Gasteiger partial charge < -0.3 is 15.3 Å². The largest absolute Gasteiger partial charge is 0.508 e. The number of nitriles is 1. The van der Waals surface area contributed by atoms with E-state index in [-0.39, 0.29) is 11.3 Å². The van der Waals surface area contributed by atoms with E-state index in [0.29, 0.717) is 0 Å². The van der Waals surface area contributed by atoms with Gasteiger partial charge in [0.1, 0.15) is 11.9 Å². The van der Waals surface area contributed by atoms with Crippen LogP contribution in [0, 0.1) is 18.3 Å². The van der Waals surface area contributed by atoms with Crippen LogP contribution in [0.4, 0.5) is 0 Å². The Morgan fingerprint density at radius 2 is 2.00 bits per heavy atom. The third kappa shape index (κ3) is 2.02. The van der Waals surface area contributed by atoms with Gasteiger partial charge >= 0.3 is 0 Å². The van der Waals surface area contributed by atoms with Crippen molar-refractivity contribution in [2.45, 2.75) is 19.1 Å². The van der Waals surface area contributed by atoms with Crippen molar-refractivity contribution in [2.24, 2.45) is 0 Å². The molecule has 4 nitrogen and oxygen atoms in total. The molecule has 0 aromatic heterocycles. The molecule has 0 radical (unpaired) electrons. The van der Waals surface area contributed by atoms with Crippen LogP contribution in [0.1, 0.15) is 17.2 Å². The second-order valence-electron chi connectivity index (χ2n) is 3.08. The third-order valence-electron chi connectivity index (χ3n) is 1.93. The summed E-state index contributed by atoms with van der Waals surface area (Å²) in [5.41, 5.74) is 1.00. The minimum absolute atomic E-state index is 0.127. The zero-order valence-corrected chi connectivity index (χ0v) is 7.68. The predicted molar refractivity (Wildman–Crippen MR) is 49.4 cm³/mol. The lowest BCUT2D eigenvalue weighted by Gasteiger charge is -2.13. The lowest BCUT2D eigenvalue weighted by Crippen LogP contribution is -2.15. The van der Waals surface area contributed by atoms with E-state index < -0.39 is 12.2 Å². The van der Waals surface area contributed by atoms with Crippen LogP contribution in [0.15, 0.2) is 18.2 Å². The van der Waals surface area contributed by atoms with Crippen LogP contribution in [0.3, 0.4) is 0 Å². The van der Waals surface area contributed by atoms with Gasteiger partial charge in [0.05, 0.1) is 6.07 Å². The Morgan fingerprint density at radius 1 is 1.36 bits per heavy atom. The van der Waals surface area contributed by atoms with E-state index in [0.717, 1.165) is 5.56 Å². The van der Waals surface area contributed by atoms with E-state index in [4.69, 9.17) is 10.4 Å². The molecule has 2 atom stereocenters. The first-order chi connectivity index (χ1) is 6.56. The quantitative estimate of drug-likeness (QED) is 0.601. The number of phenols is 1. The van der Waals surface area contributed by atoms with Gasteiger partial charge in [-0.15, -0.1) is 0 Å². The van der Waals surface area contributed by atoms with Gasteiger partial charge in [-0.1, -0.05) is 11.6 Å². The fourth-order valence-electron chi connectivity index (χ4n) is 1.15. The molecule has 2 unspecified atom stereocenters. The van der Waals surface area contributed by atoms with Crippen molar-refractivity contribution >= 4 is 0 Å². The molecule has 0 fully saturated rings. The molecule has 0 spiro atoms. The smallest absolute Gasteiger partial charge is 0.170 e. The van der Waals surface area contributed by atoms with Crippen LogP contribution in [0.25, 0.3) is 0 Å². The number of nitrogens with zero attached hydrogens (tertiary/aromatic N) is 1. The van der Waals surface area contributed by atoms with Gasteiger partial charge in [-0.2, -0.15) is 5.26 Å². The molecule has 14 heavy (non-hydrogen) atoms. The topological polar surface area (TPSA) is 84.5 Å². The highest BCUT2D eigenvalue weighted by Crippen LogP contribution is 2.27. The van der Waals surface area contributed by atoms with Gasteiger partial charge in [0.25, 0.3) is 0 Å². The summed E-state index contributed by atoms with van der Waals surface area (Å²) in [6.45, 7) is 1.79. The Bertz CT molecular complexity index is 370. The highest BCUT2D eigenvalue weighted by atomic mass is 16.3. The summed E-state index contributed by atoms with van der Waals surface area (Å²) < 4.78 is 0. The summed E-state index contributed by atoms with van der Waals surface area (Å²) in [5.74, 6) is -0.127. The number of rotatable bonds is 2. The summed E-state index contributed by atoms with van der Waals surface area (Å²) in [4.78, 5) is 0. The van der Waals surface area contributed by atoms with E-state index in [1.165, 1.54) is 18.2 Å². The Morgan fingerprint density at radius 3 is 2.57 bits per heavy atom. The molecule has 1 rings (SSSR count). The molecular weight excluding hydrogens is 182 g/mol. The lowest BCUT2D eigenvalue weighted by molar-refractivity contribution is 0.0511. The number of aliphatic hydroxyl groups excluding tert-OH is 2. The van der Waals surface area contributed by atoms with Crippen molar-refractivity contribution in [1.82, 2.24) is 0 Å². The molecule has 0 saturated heterocycles. The van der Waals surface area contributed by atoms with Crippen molar-refractivity contribution in [3.8, 4) is 11.8 Å². The summed E-state index contributed by atoms with van der Waals surface area (Å²) >= 11 is 0. The molecule has 0 aliphatic heterocycles. The van der Waals surface area contributed by atoms with Gasteiger partial charge in [-0.3, -0.25) is 0 Å². The van der Waals surface area contributed by atoms with E-state index in [9.17, 15) is 10.2 Å². The van der Waals surface area contributed by atoms with Gasteiger partial charge in [0.2, 0.25) is 0 Å². The first kappa shape index (κ1) is 10.5. The molecular formula is C10H11NO3. The normalized spacial score (nSPS) is 14.4. The number of aromatic hydroxyl groups is 1. The van der Waals surface area contributed by atoms with E-state index in [2.05, 4.69) is 0 Å². The number of benzene rings is 1. The van der Waals surface area contributed by atoms with Gasteiger partial charge in [0.15, 0.2) is 6.10 Å². The zero-order chi connectivity index (χ0) is 10.7. The second kappa shape index (κ2) is 4.09. The van der Waals surface area contributed by atoms with Crippen LogP contribution in [0.2, 0.25) is 0 Å². The maximum absolute atomic E-state index is 9.46. The van der Waals surface area contributed by atoms with Gasteiger partial charge in [0, 0.05) is 5.56 Å². The van der Waals surface area contributed by atoms with Crippen molar-refractivity contribution in [1.29, 1.82) is 5.26 Å².